The first-order chi connectivity index (χ1) is 16.8. The topological polar surface area (TPSA) is 198 Å². The molecule has 0 aromatic carbocycles. The average Bonchev–Trinajstić information content (AvgIpc) is 3.31. The Morgan fingerprint density at radius 2 is 1.57 bits per heavy atom. The quantitative estimate of drug-likeness (QED) is 0.0779. The summed E-state index contributed by atoms with van der Waals surface area (Å²) in [5, 5.41) is 40.2. The zero-order valence-corrected chi connectivity index (χ0v) is 23.9. The Balaban J connectivity index is 1.58. The van der Waals surface area contributed by atoms with E-state index in [1.807, 2.05) is 11.8 Å². The Bertz CT molecular complexity index is 882. The predicted molar refractivity (Wildman–Crippen MR) is 139 cm³/mol. The van der Waals surface area contributed by atoms with Crippen LogP contribution < -0.4 is 10.6 Å². The van der Waals surface area contributed by atoms with Crippen LogP contribution in [-0.2, 0) is 14.1 Å². The van der Waals surface area contributed by atoms with Crippen molar-refractivity contribution in [2.75, 3.05) is 19.0 Å². The number of aliphatic hydroxyl groups is 3. The molecule has 0 aromatic heterocycles. The van der Waals surface area contributed by atoms with Crippen molar-refractivity contribution in [2.45, 2.75) is 101 Å². The molecule has 2 heterocycles. The molecule has 12 nitrogen and oxygen atoms in total. The van der Waals surface area contributed by atoms with Gasteiger partial charge in [-0.1, -0.05) is 0 Å². The second-order valence-electron chi connectivity index (χ2n) is 11.9. The van der Waals surface area contributed by atoms with Gasteiger partial charge in [0.25, 0.3) is 0 Å². The molecular weight excluding hydrogens is 527 g/mol. The van der Waals surface area contributed by atoms with Gasteiger partial charge in [-0.15, -0.1) is 0 Å². The number of carbonyl (C=O) groups excluding carboxylic acids is 2. The molecule has 8 N–H and O–H groups in total. The first kappa shape index (κ1) is 30.8. The number of esters is 1. The first-order valence-corrected chi connectivity index (χ1v) is 15.4. The molecule has 37 heavy (non-hydrogen) atoms. The molecular formula is C23H43N2O10PS. The van der Waals surface area contributed by atoms with Gasteiger partial charge < -0.3 is 10.6 Å². The van der Waals surface area contributed by atoms with Crippen LogP contribution in [-0.4, -0.2) is 95.1 Å². The zero-order chi connectivity index (χ0) is 28.1. The van der Waals surface area contributed by atoms with Gasteiger partial charge in [-0.3, -0.25) is 0 Å². The molecule has 3 rings (SSSR count). The molecule has 5 unspecified atom stereocenters. The van der Waals surface area contributed by atoms with E-state index >= 15 is 0 Å². The fourth-order valence-electron chi connectivity index (χ4n) is 6.06. The molecule has 2 aliphatic heterocycles. The third-order valence-corrected chi connectivity index (χ3v) is 11.3. The van der Waals surface area contributed by atoms with E-state index in [1.54, 1.807) is 6.92 Å². The third-order valence-electron chi connectivity index (χ3n) is 9.22. The van der Waals surface area contributed by atoms with E-state index in [0.29, 0.717) is 11.7 Å². The zero-order valence-electron chi connectivity index (χ0n) is 22.1. The fraction of sp³-hybridized carbons (Fsp3) is 0.913. The number of urea groups is 1. The Morgan fingerprint density at radius 1 is 0.973 bits per heavy atom. The Kier molecular flexibility index (Phi) is 8.59. The van der Waals surface area contributed by atoms with Crippen LogP contribution in [0.5, 0.6) is 0 Å². The SMILES string of the molecule is CC1(CO[PH](O)(O)O)C[C@](C)(COC(=O)CCCCC2SC[C@@H]3NC(=O)N[C@H]23)C(C)(O)C(C)(O)C1(C)O. The van der Waals surface area contributed by atoms with Crippen molar-refractivity contribution < 1.29 is 48.8 Å². The molecule has 216 valence electrons. The van der Waals surface area contributed by atoms with Gasteiger partial charge in [0.15, 0.2) is 0 Å². The molecule has 2 saturated heterocycles. The molecule has 1 aliphatic carbocycles. The number of rotatable bonds is 10. The number of hydrogen-bond donors (Lipinski definition) is 8. The second kappa shape index (κ2) is 10.3. The van der Waals surface area contributed by atoms with Gasteiger partial charge >= 0.3 is 172 Å². The van der Waals surface area contributed by atoms with E-state index in [-0.39, 0.29) is 37.6 Å². The maximum atomic E-state index is 12.6. The molecule has 3 fully saturated rings. The molecule has 3 aliphatic rings. The number of thioether (sulfide) groups is 1. The standard InChI is InChI=1S/C23H43N2O10PS/c1-19(11-20(2,13-35-36(31,32)33)22(4,29)23(5,30)21(19,3)28)12-34-16(26)9-7-6-8-15-17-14(10-37-15)24-18(27)25-17/h14-15,17,28-33,36H,6-13H2,1-5H3,(H2,24,25,27)/t14-,15?,17-,19+,20?,21?,22?,23?/m0/s1. The maximum absolute atomic E-state index is 12.6. The number of unbranched alkanes of at least 4 members (excludes halogenated alkanes) is 1. The summed E-state index contributed by atoms with van der Waals surface area (Å²) in [5.41, 5.74) is -8.68. The third kappa shape index (κ3) is 5.76. The predicted octanol–water partition coefficient (Wildman–Crippen LogP) is 0.328. The van der Waals surface area contributed by atoms with Crippen molar-refractivity contribution in [3.05, 3.63) is 0 Å². The summed E-state index contributed by atoms with van der Waals surface area (Å²) >= 11 is 1.81. The Labute approximate surface area is 222 Å². The van der Waals surface area contributed by atoms with Crippen molar-refractivity contribution in [1.82, 2.24) is 10.6 Å². The number of ether oxygens (including phenoxy) is 1. The van der Waals surface area contributed by atoms with E-state index in [2.05, 4.69) is 10.6 Å². The summed E-state index contributed by atoms with van der Waals surface area (Å²) in [6, 6.07) is 0.123. The van der Waals surface area contributed by atoms with E-state index < -0.39 is 48.4 Å². The van der Waals surface area contributed by atoms with Crippen LogP contribution in [0.3, 0.4) is 0 Å². The van der Waals surface area contributed by atoms with Crippen LogP contribution in [0.15, 0.2) is 0 Å². The average molecular weight is 571 g/mol. The summed E-state index contributed by atoms with van der Waals surface area (Å²) in [5.74, 6) is 0.403. The molecule has 1 saturated carbocycles. The van der Waals surface area contributed by atoms with Crippen LogP contribution in [0.1, 0.15) is 66.7 Å². The van der Waals surface area contributed by atoms with Gasteiger partial charge in [-0.25, -0.2) is 4.79 Å². The minimum absolute atomic E-state index is 0.0326. The molecule has 14 heteroatoms. The van der Waals surface area contributed by atoms with Gasteiger partial charge in [0, 0.05) is 11.0 Å². The molecule has 8 atom stereocenters. The van der Waals surface area contributed by atoms with Crippen molar-refractivity contribution in [1.29, 1.82) is 0 Å². The number of hydrogen-bond acceptors (Lipinski definition) is 11. The minimum atomic E-state index is -4.92. The van der Waals surface area contributed by atoms with Crippen molar-refractivity contribution in [2.24, 2.45) is 10.8 Å². The van der Waals surface area contributed by atoms with Gasteiger partial charge in [-0.05, 0) is 0 Å². The molecule has 0 bridgehead atoms. The molecule has 0 radical (unpaired) electrons. The van der Waals surface area contributed by atoms with Crippen molar-refractivity contribution in [3.8, 4) is 0 Å². The number of fused-ring (bicyclic) bond motifs is 1. The van der Waals surface area contributed by atoms with Gasteiger partial charge in [0.1, 0.15) is 0 Å². The van der Waals surface area contributed by atoms with Crippen LogP contribution in [0.25, 0.3) is 0 Å². The van der Waals surface area contributed by atoms with Gasteiger partial charge in [0.2, 0.25) is 0 Å². The monoisotopic (exact) mass is 570 g/mol. The van der Waals surface area contributed by atoms with E-state index in [1.165, 1.54) is 27.7 Å². The first-order valence-electron chi connectivity index (χ1n) is 12.6. The van der Waals surface area contributed by atoms with Crippen molar-refractivity contribution >= 4 is 31.9 Å². The summed E-state index contributed by atoms with van der Waals surface area (Å²) < 4.78 is 10.4. The number of nitrogens with one attached hydrogen (secondary N) is 2. The Hall–Kier alpha value is -0.760. The van der Waals surface area contributed by atoms with E-state index in [4.69, 9.17) is 9.26 Å². The van der Waals surface area contributed by atoms with E-state index in [9.17, 15) is 39.6 Å². The summed E-state index contributed by atoms with van der Waals surface area (Å²) in [6.45, 7) is 6.29. The van der Waals surface area contributed by atoms with Crippen molar-refractivity contribution in [3.63, 3.8) is 0 Å². The molecule has 2 amide bonds. The van der Waals surface area contributed by atoms with Crippen LogP contribution in [0.2, 0.25) is 0 Å². The fourth-order valence-corrected chi connectivity index (χ4v) is 8.12. The van der Waals surface area contributed by atoms with Crippen LogP contribution in [0, 0.1) is 10.8 Å². The van der Waals surface area contributed by atoms with Crippen LogP contribution in [0.4, 0.5) is 4.79 Å². The van der Waals surface area contributed by atoms with Crippen LogP contribution >= 0.6 is 19.9 Å². The normalized spacial score (nSPS) is 44.2. The molecule has 0 spiro atoms. The summed E-state index contributed by atoms with van der Waals surface area (Å²) in [4.78, 5) is 52.1. The summed E-state index contributed by atoms with van der Waals surface area (Å²) in [7, 11) is -4.92. The van der Waals surface area contributed by atoms with Gasteiger partial charge in [-0.2, -0.15) is 11.8 Å². The number of carbonyl (C=O) groups is 2. The number of amides is 2. The summed E-state index contributed by atoms with van der Waals surface area (Å²) in [6.07, 6.45) is 2.36. The Morgan fingerprint density at radius 3 is 2.16 bits per heavy atom. The van der Waals surface area contributed by atoms with E-state index in [0.717, 1.165) is 18.6 Å². The molecule has 0 aromatic rings. The van der Waals surface area contributed by atoms with Gasteiger partial charge in [0.05, 0.1) is 12.1 Å². The second-order valence-corrected chi connectivity index (χ2v) is 14.6.